The largest absolute Gasteiger partial charge is 0.270 e. The lowest BCUT2D eigenvalue weighted by Crippen LogP contribution is -2.00. The first-order valence-electron chi connectivity index (χ1n) is 4.97. The van der Waals surface area contributed by atoms with Crippen molar-refractivity contribution in [1.82, 2.24) is 9.78 Å². The molecule has 1 aliphatic heterocycles. The third kappa shape index (κ3) is 2.10. The molecule has 0 N–H and O–H groups in total. The summed E-state index contributed by atoms with van der Waals surface area (Å²) < 4.78 is 2.13. The zero-order valence-electron chi connectivity index (χ0n) is 8.08. The molecule has 0 saturated carbocycles. The van der Waals surface area contributed by atoms with E-state index in [4.69, 9.17) is 0 Å². The minimum absolute atomic E-state index is 1.13. The number of hydrogen-bond donors (Lipinski definition) is 0. The SMILES string of the molecule is CC.c1cc2n(n1)CCCCC2. The van der Waals surface area contributed by atoms with E-state index in [1.54, 1.807) is 0 Å². The van der Waals surface area contributed by atoms with Crippen LogP contribution in [0.5, 0.6) is 0 Å². The first kappa shape index (κ1) is 9.30. The van der Waals surface area contributed by atoms with Gasteiger partial charge in [-0.05, 0) is 25.3 Å². The van der Waals surface area contributed by atoms with Crippen molar-refractivity contribution in [2.75, 3.05) is 0 Å². The predicted molar refractivity (Wildman–Crippen MR) is 51.1 cm³/mol. The van der Waals surface area contributed by atoms with Crippen molar-refractivity contribution in [3.05, 3.63) is 18.0 Å². The van der Waals surface area contributed by atoms with Gasteiger partial charge in [0.1, 0.15) is 0 Å². The van der Waals surface area contributed by atoms with E-state index in [1.165, 1.54) is 31.4 Å². The fourth-order valence-electron chi connectivity index (χ4n) is 1.52. The van der Waals surface area contributed by atoms with Gasteiger partial charge in [-0.15, -0.1) is 0 Å². The fourth-order valence-corrected chi connectivity index (χ4v) is 1.52. The molecule has 0 atom stereocenters. The van der Waals surface area contributed by atoms with Crippen LogP contribution < -0.4 is 0 Å². The lowest BCUT2D eigenvalue weighted by molar-refractivity contribution is 0.576. The van der Waals surface area contributed by atoms with Gasteiger partial charge >= 0.3 is 0 Å². The molecule has 12 heavy (non-hydrogen) atoms. The van der Waals surface area contributed by atoms with Crippen LogP contribution in [0, 0.1) is 0 Å². The summed E-state index contributed by atoms with van der Waals surface area (Å²) in [5.41, 5.74) is 1.41. The van der Waals surface area contributed by atoms with Gasteiger partial charge in [-0.2, -0.15) is 5.10 Å². The van der Waals surface area contributed by atoms with Gasteiger partial charge in [-0.25, -0.2) is 0 Å². The van der Waals surface area contributed by atoms with E-state index >= 15 is 0 Å². The Morgan fingerprint density at radius 1 is 1.25 bits per heavy atom. The van der Waals surface area contributed by atoms with Gasteiger partial charge in [0.2, 0.25) is 0 Å². The van der Waals surface area contributed by atoms with Crippen LogP contribution >= 0.6 is 0 Å². The molecule has 0 aromatic carbocycles. The Morgan fingerprint density at radius 3 is 2.92 bits per heavy atom. The Balaban J connectivity index is 0.000000336. The third-order valence-corrected chi connectivity index (χ3v) is 2.11. The summed E-state index contributed by atoms with van der Waals surface area (Å²) in [5.74, 6) is 0. The molecule has 0 radical (unpaired) electrons. The second-order valence-corrected chi connectivity index (χ2v) is 2.86. The summed E-state index contributed by atoms with van der Waals surface area (Å²) in [5, 5.41) is 4.23. The Hall–Kier alpha value is -0.790. The molecule has 1 aromatic rings. The van der Waals surface area contributed by atoms with Gasteiger partial charge in [-0.1, -0.05) is 20.3 Å². The summed E-state index contributed by atoms with van der Waals surface area (Å²) in [4.78, 5) is 0. The molecule has 0 bridgehead atoms. The zero-order valence-corrected chi connectivity index (χ0v) is 8.08. The second kappa shape index (κ2) is 4.96. The maximum Gasteiger partial charge on any atom is 0.0492 e. The molecule has 2 heteroatoms. The number of nitrogens with zero attached hydrogens (tertiary/aromatic N) is 2. The maximum absolute atomic E-state index is 4.23. The first-order valence-corrected chi connectivity index (χ1v) is 4.97. The monoisotopic (exact) mass is 166 g/mol. The van der Waals surface area contributed by atoms with E-state index in [9.17, 15) is 0 Å². The molecular formula is C10H18N2. The Kier molecular flexibility index (Phi) is 3.85. The topological polar surface area (TPSA) is 17.8 Å². The van der Waals surface area contributed by atoms with Crippen LogP contribution in [-0.2, 0) is 13.0 Å². The molecule has 0 fully saturated rings. The third-order valence-electron chi connectivity index (χ3n) is 2.11. The summed E-state index contributed by atoms with van der Waals surface area (Å²) in [6, 6.07) is 2.13. The lowest BCUT2D eigenvalue weighted by Gasteiger charge is -1.98. The standard InChI is InChI=1S/C8H12N2.C2H6/c1-2-4-8-5-6-9-10(8)7-3-1;1-2/h5-6H,1-4,7H2;1-2H3. The van der Waals surface area contributed by atoms with Gasteiger partial charge in [0.05, 0.1) is 0 Å². The van der Waals surface area contributed by atoms with Gasteiger partial charge in [0, 0.05) is 18.4 Å². The lowest BCUT2D eigenvalue weighted by atomic mass is 10.2. The summed E-state index contributed by atoms with van der Waals surface area (Å²) in [6.07, 6.45) is 7.13. The summed E-state index contributed by atoms with van der Waals surface area (Å²) in [7, 11) is 0. The molecule has 1 aromatic heterocycles. The van der Waals surface area contributed by atoms with Gasteiger partial charge < -0.3 is 0 Å². The normalized spacial score (nSPS) is 15.5. The molecule has 0 amide bonds. The molecule has 2 nitrogen and oxygen atoms in total. The highest BCUT2D eigenvalue weighted by Gasteiger charge is 2.05. The number of fused-ring (bicyclic) bond motifs is 1. The van der Waals surface area contributed by atoms with Crippen LogP contribution in [0.2, 0.25) is 0 Å². The molecular weight excluding hydrogens is 148 g/mol. The Labute approximate surface area is 74.6 Å². The van der Waals surface area contributed by atoms with E-state index < -0.39 is 0 Å². The van der Waals surface area contributed by atoms with Crippen molar-refractivity contribution in [2.24, 2.45) is 0 Å². The number of aryl methyl sites for hydroxylation is 2. The summed E-state index contributed by atoms with van der Waals surface area (Å²) in [6.45, 7) is 5.13. The molecule has 0 saturated heterocycles. The smallest absolute Gasteiger partial charge is 0.0492 e. The molecule has 2 heterocycles. The van der Waals surface area contributed by atoms with Gasteiger partial charge in [0.15, 0.2) is 0 Å². The predicted octanol–water partition coefficient (Wildman–Crippen LogP) is 2.64. The Bertz CT molecular complexity index is 195. The minimum atomic E-state index is 1.13. The molecule has 2 rings (SSSR count). The van der Waals surface area contributed by atoms with Crippen molar-refractivity contribution < 1.29 is 0 Å². The number of rotatable bonds is 0. The number of hydrogen-bond acceptors (Lipinski definition) is 1. The van der Waals surface area contributed by atoms with E-state index in [0.29, 0.717) is 0 Å². The van der Waals surface area contributed by atoms with E-state index in [0.717, 1.165) is 6.54 Å². The molecule has 0 spiro atoms. The molecule has 0 aliphatic carbocycles. The van der Waals surface area contributed by atoms with Crippen molar-refractivity contribution in [2.45, 2.75) is 46.1 Å². The maximum atomic E-state index is 4.23. The first-order chi connectivity index (χ1) is 5.97. The van der Waals surface area contributed by atoms with Gasteiger partial charge in [0.25, 0.3) is 0 Å². The molecule has 68 valence electrons. The fraction of sp³-hybridized carbons (Fsp3) is 0.700. The highest BCUT2D eigenvalue weighted by atomic mass is 15.3. The van der Waals surface area contributed by atoms with Crippen LogP contribution in [0.15, 0.2) is 12.3 Å². The minimum Gasteiger partial charge on any atom is -0.270 e. The van der Waals surface area contributed by atoms with Crippen LogP contribution in [0.4, 0.5) is 0 Å². The average Bonchev–Trinajstić information content (AvgIpc) is 2.46. The van der Waals surface area contributed by atoms with E-state index in [-0.39, 0.29) is 0 Å². The quantitative estimate of drug-likeness (QED) is 0.579. The summed E-state index contributed by atoms with van der Waals surface area (Å²) >= 11 is 0. The highest BCUT2D eigenvalue weighted by Crippen LogP contribution is 2.12. The number of aromatic nitrogens is 2. The van der Waals surface area contributed by atoms with Crippen molar-refractivity contribution in [3.8, 4) is 0 Å². The second-order valence-electron chi connectivity index (χ2n) is 2.86. The molecule has 0 unspecified atom stereocenters. The van der Waals surface area contributed by atoms with Crippen molar-refractivity contribution >= 4 is 0 Å². The van der Waals surface area contributed by atoms with Crippen LogP contribution in [0.3, 0.4) is 0 Å². The van der Waals surface area contributed by atoms with Crippen molar-refractivity contribution in [3.63, 3.8) is 0 Å². The van der Waals surface area contributed by atoms with Crippen LogP contribution in [0.25, 0.3) is 0 Å². The average molecular weight is 166 g/mol. The highest BCUT2D eigenvalue weighted by molar-refractivity contribution is 5.01. The van der Waals surface area contributed by atoms with E-state index in [1.807, 2.05) is 20.0 Å². The van der Waals surface area contributed by atoms with Crippen LogP contribution in [-0.4, -0.2) is 9.78 Å². The van der Waals surface area contributed by atoms with E-state index in [2.05, 4.69) is 15.8 Å². The van der Waals surface area contributed by atoms with Gasteiger partial charge in [-0.3, -0.25) is 4.68 Å². The zero-order chi connectivity index (χ0) is 8.81. The molecule has 1 aliphatic rings. The van der Waals surface area contributed by atoms with Crippen LogP contribution in [0.1, 0.15) is 38.8 Å². The Morgan fingerprint density at radius 2 is 2.08 bits per heavy atom. The van der Waals surface area contributed by atoms with Crippen molar-refractivity contribution in [1.29, 1.82) is 0 Å².